The van der Waals surface area contributed by atoms with Gasteiger partial charge in [0.2, 0.25) is 0 Å². The zero-order chi connectivity index (χ0) is 15.2. The van der Waals surface area contributed by atoms with E-state index in [-0.39, 0.29) is 0 Å². The molecule has 2 rings (SSSR count). The van der Waals surface area contributed by atoms with Gasteiger partial charge in [-0.1, -0.05) is 19.1 Å². The van der Waals surface area contributed by atoms with Gasteiger partial charge in [-0.25, -0.2) is 0 Å². The van der Waals surface area contributed by atoms with E-state index in [1.54, 1.807) is 4.90 Å². The van der Waals surface area contributed by atoms with Crippen molar-refractivity contribution in [2.24, 2.45) is 0 Å². The lowest BCUT2D eigenvalue weighted by Gasteiger charge is -2.30. The lowest BCUT2D eigenvalue weighted by atomic mass is 10.1. The molecule has 1 saturated heterocycles. The zero-order valence-electron chi connectivity index (χ0n) is 13.5. The van der Waals surface area contributed by atoms with Gasteiger partial charge in [0.25, 0.3) is 0 Å². The van der Waals surface area contributed by atoms with Crippen LogP contribution in [0.3, 0.4) is 0 Å². The third kappa shape index (κ3) is 4.68. The first kappa shape index (κ1) is 16.2. The van der Waals surface area contributed by atoms with Crippen LogP contribution in [0.25, 0.3) is 0 Å². The maximum atomic E-state index is 5.47. The largest absolute Gasteiger partial charge is 0.359 e. The monoisotopic (exact) mass is 306 g/mol. The molecule has 4 heteroatoms. The predicted molar refractivity (Wildman–Crippen MR) is 94.1 cm³/mol. The smallest absolute Gasteiger partial charge is 0.171 e. The van der Waals surface area contributed by atoms with Crippen molar-refractivity contribution in [2.45, 2.75) is 46.1 Å². The van der Waals surface area contributed by atoms with E-state index in [0.29, 0.717) is 6.04 Å². The van der Waals surface area contributed by atoms with E-state index >= 15 is 0 Å². The Morgan fingerprint density at radius 2 is 2.00 bits per heavy atom. The fourth-order valence-corrected chi connectivity index (χ4v) is 3.28. The van der Waals surface area contributed by atoms with Gasteiger partial charge in [0.05, 0.1) is 19.6 Å². The minimum Gasteiger partial charge on any atom is -0.359 e. The highest BCUT2D eigenvalue weighted by atomic mass is 32.1. The molecule has 3 nitrogen and oxygen atoms in total. The van der Waals surface area contributed by atoms with Gasteiger partial charge in [-0.05, 0) is 49.7 Å². The summed E-state index contributed by atoms with van der Waals surface area (Å²) < 4.78 is 0. The Morgan fingerprint density at radius 3 is 2.67 bits per heavy atom. The van der Waals surface area contributed by atoms with Gasteiger partial charge in [-0.2, -0.15) is 0 Å². The van der Waals surface area contributed by atoms with Crippen molar-refractivity contribution in [1.82, 2.24) is 5.32 Å². The Balaban J connectivity index is 1.81. The number of likely N-dealkylation sites (tertiary alicyclic amines) is 1. The number of thiocarbonyl (C=S) groups is 1. The van der Waals surface area contributed by atoms with Crippen LogP contribution in [0.4, 0.5) is 5.69 Å². The molecule has 0 bridgehead atoms. The Labute approximate surface area is 134 Å². The van der Waals surface area contributed by atoms with E-state index in [2.05, 4.69) is 49.6 Å². The number of piperidine rings is 1. The Hall–Kier alpha value is -1.13. The van der Waals surface area contributed by atoms with Crippen LogP contribution in [0, 0.1) is 13.8 Å². The van der Waals surface area contributed by atoms with Crippen molar-refractivity contribution in [1.29, 1.82) is 0 Å². The number of hydrogen-bond donors (Lipinski definition) is 3. The first-order valence-electron chi connectivity index (χ1n) is 8.07. The molecule has 3 N–H and O–H groups in total. The average Bonchev–Trinajstić information content (AvgIpc) is 2.46. The van der Waals surface area contributed by atoms with Crippen LogP contribution in [0.1, 0.15) is 37.3 Å². The van der Waals surface area contributed by atoms with Crippen molar-refractivity contribution in [3.05, 3.63) is 29.3 Å². The van der Waals surface area contributed by atoms with E-state index < -0.39 is 0 Å². The molecule has 1 fully saturated rings. The molecule has 1 heterocycles. The summed E-state index contributed by atoms with van der Waals surface area (Å²) in [6.07, 6.45) is 3.70. The molecular formula is C17H28N3S+. The first-order valence-corrected chi connectivity index (χ1v) is 8.48. The fourth-order valence-electron chi connectivity index (χ4n) is 3.00. The third-order valence-electron chi connectivity index (χ3n) is 4.48. The fraction of sp³-hybridized carbons (Fsp3) is 0.588. The SMILES string of the molecule is CCC[NH+]1CCC(NC(=S)Nc2cccc(C)c2C)CC1. The third-order valence-corrected chi connectivity index (χ3v) is 4.70. The number of benzene rings is 1. The maximum absolute atomic E-state index is 5.47. The molecule has 0 amide bonds. The van der Waals surface area contributed by atoms with Gasteiger partial charge in [-0.3, -0.25) is 0 Å². The Morgan fingerprint density at radius 1 is 1.29 bits per heavy atom. The summed E-state index contributed by atoms with van der Waals surface area (Å²) in [4.78, 5) is 1.74. The zero-order valence-corrected chi connectivity index (χ0v) is 14.3. The number of aryl methyl sites for hydroxylation is 1. The summed E-state index contributed by atoms with van der Waals surface area (Å²) >= 11 is 5.47. The molecule has 0 spiro atoms. The van der Waals surface area contributed by atoms with Gasteiger partial charge in [0.15, 0.2) is 5.11 Å². The maximum Gasteiger partial charge on any atom is 0.171 e. The molecule has 0 aliphatic carbocycles. The van der Waals surface area contributed by atoms with E-state index in [9.17, 15) is 0 Å². The van der Waals surface area contributed by atoms with Crippen LogP contribution in [0.15, 0.2) is 18.2 Å². The minimum absolute atomic E-state index is 0.524. The van der Waals surface area contributed by atoms with E-state index in [1.807, 2.05) is 0 Å². The second-order valence-electron chi connectivity index (χ2n) is 6.12. The minimum atomic E-state index is 0.524. The lowest BCUT2D eigenvalue weighted by molar-refractivity contribution is -0.905. The van der Waals surface area contributed by atoms with Gasteiger partial charge in [0.1, 0.15) is 0 Å². The number of anilines is 1. The van der Waals surface area contributed by atoms with Gasteiger partial charge >= 0.3 is 0 Å². The summed E-state index contributed by atoms with van der Waals surface area (Å²) in [6.45, 7) is 10.4. The second-order valence-corrected chi connectivity index (χ2v) is 6.53. The standard InChI is InChI=1S/C17H27N3S/c1-4-10-20-11-8-15(9-12-20)18-17(21)19-16-7-5-6-13(2)14(16)3/h5-7,15H,4,8-12H2,1-3H3,(H2,18,19,21)/p+1. The highest BCUT2D eigenvalue weighted by Gasteiger charge is 2.21. The summed E-state index contributed by atoms with van der Waals surface area (Å²) in [5, 5.41) is 7.59. The molecule has 0 aromatic heterocycles. The molecule has 116 valence electrons. The number of quaternary nitrogens is 1. The van der Waals surface area contributed by atoms with Crippen LogP contribution in [0.5, 0.6) is 0 Å². The predicted octanol–water partition coefficient (Wildman–Crippen LogP) is 2.05. The molecular weight excluding hydrogens is 278 g/mol. The number of nitrogens with one attached hydrogen (secondary N) is 3. The van der Waals surface area contributed by atoms with Crippen LogP contribution in [0.2, 0.25) is 0 Å². The molecule has 1 aromatic rings. The van der Waals surface area contributed by atoms with Crippen LogP contribution >= 0.6 is 12.2 Å². The van der Waals surface area contributed by atoms with E-state index in [4.69, 9.17) is 12.2 Å². The van der Waals surface area contributed by atoms with Crippen molar-refractivity contribution in [3.63, 3.8) is 0 Å². The molecule has 0 saturated carbocycles. The van der Waals surface area contributed by atoms with Gasteiger partial charge < -0.3 is 15.5 Å². The van der Waals surface area contributed by atoms with Crippen LogP contribution in [-0.2, 0) is 0 Å². The number of rotatable bonds is 4. The summed E-state index contributed by atoms with van der Waals surface area (Å²) in [7, 11) is 0. The van der Waals surface area contributed by atoms with Crippen molar-refractivity contribution >= 4 is 23.0 Å². The topological polar surface area (TPSA) is 28.5 Å². The highest BCUT2D eigenvalue weighted by molar-refractivity contribution is 7.80. The summed E-state index contributed by atoms with van der Waals surface area (Å²) in [6, 6.07) is 6.81. The quantitative estimate of drug-likeness (QED) is 0.744. The highest BCUT2D eigenvalue weighted by Crippen LogP contribution is 2.17. The summed E-state index contributed by atoms with van der Waals surface area (Å²) in [5.74, 6) is 0. The average molecular weight is 306 g/mol. The van der Waals surface area contributed by atoms with Crippen LogP contribution < -0.4 is 15.5 Å². The number of hydrogen-bond acceptors (Lipinski definition) is 1. The molecule has 0 atom stereocenters. The van der Waals surface area contributed by atoms with Gasteiger partial charge in [-0.15, -0.1) is 0 Å². The van der Waals surface area contributed by atoms with E-state index in [0.717, 1.165) is 10.8 Å². The normalized spacial score (nSPS) is 21.9. The summed E-state index contributed by atoms with van der Waals surface area (Å²) in [5.41, 5.74) is 3.67. The molecule has 21 heavy (non-hydrogen) atoms. The molecule has 0 unspecified atom stereocenters. The van der Waals surface area contributed by atoms with Crippen molar-refractivity contribution in [2.75, 3.05) is 25.0 Å². The molecule has 0 radical (unpaired) electrons. The molecule has 1 aliphatic rings. The lowest BCUT2D eigenvalue weighted by Crippen LogP contribution is -3.13. The van der Waals surface area contributed by atoms with Crippen LogP contribution in [-0.4, -0.2) is 30.8 Å². The van der Waals surface area contributed by atoms with Gasteiger partial charge in [0, 0.05) is 24.6 Å². The van der Waals surface area contributed by atoms with E-state index in [1.165, 1.54) is 50.0 Å². The molecule has 1 aromatic carbocycles. The Bertz CT molecular complexity index is 479. The second kappa shape index (κ2) is 7.76. The van der Waals surface area contributed by atoms with Crippen molar-refractivity contribution in [3.8, 4) is 0 Å². The first-order chi connectivity index (χ1) is 10.1. The molecule has 1 aliphatic heterocycles. The Kier molecular flexibility index (Phi) is 6.00. The van der Waals surface area contributed by atoms with Crippen molar-refractivity contribution < 1.29 is 4.90 Å².